The monoisotopic (exact) mass is 263 g/mol. The SMILES string of the molecule is Nc1ccnc(N2CCC(N3CCOCC3)CC2)n1. The molecule has 6 nitrogen and oxygen atoms in total. The van der Waals surface area contributed by atoms with Crippen LogP contribution in [-0.2, 0) is 4.74 Å². The van der Waals surface area contributed by atoms with Gasteiger partial charge in [-0.1, -0.05) is 0 Å². The number of rotatable bonds is 2. The second-order valence-corrected chi connectivity index (χ2v) is 5.15. The van der Waals surface area contributed by atoms with Gasteiger partial charge in [-0.25, -0.2) is 4.98 Å². The summed E-state index contributed by atoms with van der Waals surface area (Å²) in [6.45, 7) is 5.90. The standard InChI is InChI=1S/C13H21N5O/c14-12-1-4-15-13(16-12)18-5-2-11(3-6-18)17-7-9-19-10-8-17/h1,4,11H,2-3,5-10H2,(H2,14,15,16). The van der Waals surface area contributed by atoms with Gasteiger partial charge in [-0.15, -0.1) is 0 Å². The van der Waals surface area contributed by atoms with E-state index in [-0.39, 0.29) is 0 Å². The number of hydrogen-bond donors (Lipinski definition) is 1. The van der Waals surface area contributed by atoms with Crippen molar-refractivity contribution in [1.82, 2.24) is 14.9 Å². The zero-order valence-electron chi connectivity index (χ0n) is 11.2. The average molecular weight is 263 g/mol. The number of nitrogen functional groups attached to an aromatic ring is 1. The van der Waals surface area contributed by atoms with Crippen molar-refractivity contribution >= 4 is 11.8 Å². The number of aromatic nitrogens is 2. The number of hydrogen-bond acceptors (Lipinski definition) is 6. The molecule has 2 fully saturated rings. The summed E-state index contributed by atoms with van der Waals surface area (Å²) in [6, 6.07) is 2.41. The number of anilines is 2. The summed E-state index contributed by atoms with van der Waals surface area (Å²) in [7, 11) is 0. The van der Waals surface area contributed by atoms with Crippen LogP contribution < -0.4 is 10.6 Å². The molecule has 0 unspecified atom stereocenters. The van der Waals surface area contributed by atoms with Crippen LogP contribution in [0.15, 0.2) is 12.3 Å². The van der Waals surface area contributed by atoms with Gasteiger partial charge in [0.2, 0.25) is 5.95 Å². The van der Waals surface area contributed by atoms with Gasteiger partial charge in [-0.05, 0) is 18.9 Å². The molecule has 1 aromatic heterocycles. The van der Waals surface area contributed by atoms with Gasteiger partial charge >= 0.3 is 0 Å². The smallest absolute Gasteiger partial charge is 0.227 e. The van der Waals surface area contributed by atoms with E-state index in [4.69, 9.17) is 10.5 Å². The molecule has 2 saturated heterocycles. The van der Waals surface area contributed by atoms with Crippen LogP contribution >= 0.6 is 0 Å². The average Bonchev–Trinajstić information content (AvgIpc) is 2.48. The van der Waals surface area contributed by atoms with E-state index >= 15 is 0 Å². The molecule has 0 aromatic carbocycles. The minimum Gasteiger partial charge on any atom is -0.384 e. The first-order valence-electron chi connectivity index (χ1n) is 6.98. The Balaban J connectivity index is 1.57. The van der Waals surface area contributed by atoms with Crippen LogP contribution in [0.3, 0.4) is 0 Å². The fourth-order valence-electron chi connectivity index (χ4n) is 2.89. The zero-order chi connectivity index (χ0) is 13.1. The molecule has 6 heteroatoms. The fraction of sp³-hybridized carbons (Fsp3) is 0.692. The predicted molar refractivity (Wildman–Crippen MR) is 74.1 cm³/mol. The zero-order valence-corrected chi connectivity index (χ0v) is 11.2. The van der Waals surface area contributed by atoms with E-state index in [1.54, 1.807) is 12.3 Å². The lowest BCUT2D eigenvalue weighted by atomic mass is 10.0. The summed E-state index contributed by atoms with van der Waals surface area (Å²) in [6.07, 6.45) is 4.06. The van der Waals surface area contributed by atoms with Crippen molar-refractivity contribution in [1.29, 1.82) is 0 Å². The van der Waals surface area contributed by atoms with Gasteiger partial charge in [-0.3, -0.25) is 4.90 Å². The first kappa shape index (κ1) is 12.6. The predicted octanol–water partition coefficient (Wildman–Crippen LogP) is 0.360. The Morgan fingerprint density at radius 2 is 1.89 bits per heavy atom. The van der Waals surface area contributed by atoms with Gasteiger partial charge in [0, 0.05) is 38.4 Å². The summed E-state index contributed by atoms with van der Waals surface area (Å²) < 4.78 is 5.41. The van der Waals surface area contributed by atoms with Gasteiger partial charge in [0.05, 0.1) is 13.2 Å². The van der Waals surface area contributed by atoms with Crippen LogP contribution in [0.2, 0.25) is 0 Å². The van der Waals surface area contributed by atoms with Crippen molar-refractivity contribution in [2.24, 2.45) is 0 Å². The van der Waals surface area contributed by atoms with E-state index in [1.165, 1.54) is 0 Å². The molecular formula is C13H21N5O. The maximum atomic E-state index is 5.71. The highest BCUT2D eigenvalue weighted by Gasteiger charge is 2.26. The van der Waals surface area contributed by atoms with Crippen LogP contribution in [-0.4, -0.2) is 60.3 Å². The van der Waals surface area contributed by atoms with E-state index in [0.29, 0.717) is 11.9 Å². The Kier molecular flexibility index (Phi) is 3.79. The highest BCUT2D eigenvalue weighted by molar-refractivity contribution is 5.38. The maximum absolute atomic E-state index is 5.71. The first-order chi connectivity index (χ1) is 9.33. The van der Waals surface area contributed by atoms with E-state index in [2.05, 4.69) is 19.8 Å². The lowest BCUT2D eigenvalue weighted by Crippen LogP contribution is -2.49. The highest BCUT2D eigenvalue weighted by Crippen LogP contribution is 2.20. The minimum atomic E-state index is 0.542. The molecule has 0 radical (unpaired) electrons. The van der Waals surface area contributed by atoms with Crippen LogP contribution in [0.4, 0.5) is 11.8 Å². The fourth-order valence-corrected chi connectivity index (χ4v) is 2.89. The molecule has 0 saturated carbocycles. The molecule has 104 valence electrons. The van der Waals surface area contributed by atoms with Crippen molar-refractivity contribution in [3.05, 3.63) is 12.3 Å². The quantitative estimate of drug-likeness (QED) is 0.831. The Labute approximate surface area is 113 Å². The molecule has 0 amide bonds. The van der Waals surface area contributed by atoms with E-state index < -0.39 is 0 Å². The normalized spacial score (nSPS) is 22.6. The summed E-state index contributed by atoms with van der Waals surface area (Å²) in [4.78, 5) is 13.4. The Bertz CT molecular complexity index is 413. The van der Waals surface area contributed by atoms with Crippen LogP contribution in [0.1, 0.15) is 12.8 Å². The van der Waals surface area contributed by atoms with Gasteiger partial charge in [0.15, 0.2) is 0 Å². The number of nitrogens with zero attached hydrogens (tertiary/aromatic N) is 4. The summed E-state index contributed by atoms with van der Waals surface area (Å²) in [5.74, 6) is 1.31. The number of nitrogens with two attached hydrogens (primary N) is 1. The van der Waals surface area contributed by atoms with Gasteiger partial charge < -0.3 is 15.4 Å². The topological polar surface area (TPSA) is 67.5 Å². The molecule has 2 aliphatic rings. The van der Waals surface area contributed by atoms with E-state index in [0.717, 1.165) is 58.2 Å². The molecule has 0 bridgehead atoms. The number of ether oxygens (including phenoxy) is 1. The van der Waals surface area contributed by atoms with Crippen LogP contribution in [0.25, 0.3) is 0 Å². The third-order valence-corrected chi connectivity index (χ3v) is 3.97. The van der Waals surface area contributed by atoms with Crippen molar-refractivity contribution in [2.45, 2.75) is 18.9 Å². The number of morpholine rings is 1. The second-order valence-electron chi connectivity index (χ2n) is 5.15. The third-order valence-electron chi connectivity index (χ3n) is 3.97. The molecule has 0 spiro atoms. The third kappa shape index (κ3) is 2.96. The van der Waals surface area contributed by atoms with Crippen molar-refractivity contribution in [3.63, 3.8) is 0 Å². The first-order valence-corrected chi connectivity index (χ1v) is 6.98. The Morgan fingerprint density at radius 1 is 1.16 bits per heavy atom. The molecule has 19 heavy (non-hydrogen) atoms. The Morgan fingerprint density at radius 3 is 2.58 bits per heavy atom. The lowest BCUT2D eigenvalue weighted by molar-refractivity contribution is 0.0114. The molecule has 3 heterocycles. The summed E-state index contributed by atoms with van der Waals surface area (Å²) >= 11 is 0. The molecule has 2 N–H and O–H groups in total. The molecule has 1 aromatic rings. The minimum absolute atomic E-state index is 0.542. The highest BCUT2D eigenvalue weighted by atomic mass is 16.5. The van der Waals surface area contributed by atoms with Crippen LogP contribution in [0, 0.1) is 0 Å². The largest absolute Gasteiger partial charge is 0.384 e. The van der Waals surface area contributed by atoms with E-state index in [1.807, 2.05) is 0 Å². The number of piperidine rings is 1. The van der Waals surface area contributed by atoms with Crippen LogP contribution in [0.5, 0.6) is 0 Å². The summed E-state index contributed by atoms with van der Waals surface area (Å²) in [5, 5.41) is 0. The van der Waals surface area contributed by atoms with Gasteiger partial charge in [-0.2, -0.15) is 4.98 Å². The lowest BCUT2D eigenvalue weighted by Gasteiger charge is -2.40. The maximum Gasteiger partial charge on any atom is 0.227 e. The molecule has 0 atom stereocenters. The van der Waals surface area contributed by atoms with Crippen molar-refractivity contribution < 1.29 is 4.74 Å². The van der Waals surface area contributed by atoms with Gasteiger partial charge in [0.25, 0.3) is 0 Å². The molecular weight excluding hydrogens is 242 g/mol. The van der Waals surface area contributed by atoms with Crippen molar-refractivity contribution in [2.75, 3.05) is 50.0 Å². The molecule has 3 rings (SSSR count). The molecule has 2 aliphatic heterocycles. The van der Waals surface area contributed by atoms with Crippen molar-refractivity contribution in [3.8, 4) is 0 Å². The Hall–Kier alpha value is -1.40. The van der Waals surface area contributed by atoms with E-state index in [9.17, 15) is 0 Å². The summed E-state index contributed by atoms with van der Waals surface area (Å²) in [5.41, 5.74) is 5.71. The van der Waals surface area contributed by atoms with Gasteiger partial charge in [0.1, 0.15) is 5.82 Å². The second kappa shape index (κ2) is 5.71. The molecule has 0 aliphatic carbocycles.